The average Bonchev–Trinajstić information content (AvgIpc) is 2.38. The molecule has 0 aliphatic carbocycles. The van der Waals surface area contributed by atoms with Crippen LogP contribution in [0.2, 0.25) is 0 Å². The molecule has 3 rings (SSSR count). The van der Waals surface area contributed by atoms with E-state index in [4.69, 9.17) is 0 Å². The van der Waals surface area contributed by atoms with E-state index >= 15 is 0 Å². The fraction of sp³-hybridized carbons (Fsp3) is 0. The number of halogens is 1. The van der Waals surface area contributed by atoms with Crippen molar-refractivity contribution in [2.24, 2.45) is 0 Å². The summed E-state index contributed by atoms with van der Waals surface area (Å²) >= 11 is 3.33. The predicted molar refractivity (Wildman–Crippen MR) is 76.5 cm³/mol. The van der Waals surface area contributed by atoms with Crippen LogP contribution in [0.3, 0.4) is 0 Å². The van der Waals surface area contributed by atoms with E-state index < -0.39 is 0 Å². The van der Waals surface area contributed by atoms with Crippen LogP contribution in [0.5, 0.6) is 5.75 Å². The third-order valence-corrected chi connectivity index (χ3v) is 3.33. The van der Waals surface area contributed by atoms with E-state index in [0.29, 0.717) is 0 Å². The molecule has 0 spiro atoms. The first kappa shape index (κ1) is 11.2. The van der Waals surface area contributed by atoms with Crippen molar-refractivity contribution in [1.82, 2.24) is 4.98 Å². The molecule has 18 heavy (non-hydrogen) atoms. The molecule has 3 heteroatoms. The number of hydrogen-bond donors (Lipinski definition) is 1. The number of para-hydroxylation sites is 1. The minimum atomic E-state index is 0.229. The first-order valence-corrected chi connectivity index (χ1v) is 6.38. The van der Waals surface area contributed by atoms with Gasteiger partial charge in [0.2, 0.25) is 0 Å². The van der Waals surface area contributed by atoms with E-state index in [2.05, 4.69) is 20.9 Å². The summed E-state index contributed by atoms with van der Waals surface area (Å²) in [5.74, 6) is 0.229. The third kappa shape index (κ3) is 1.97. The molecule has 2 aromatic carbocycles. The van der Waals surface area contributed by atoms with Gasteiger partial charge in [0.25, 0.3) is 0 Å². The van der Waals surface area contributed by atoms with Crippen LogP contribution in [0.1, 0.15) is 0 Å². The lowest BCUT2D eigenvalue weighted by Crippen LogP contribution is -1.85. The summed E-state index contributed by atoms with van der Waals surface area (Å²) in [5, 5.41) is 11.0. The number of benzene rings is 2. The maximum absolute atomic E-state index is 9.95. The summed E-state index contributed by atoms with van der Waals surface area (Å²) in [6.07, 6.45) is 0. The highest BCUT2D eigenvalue weighted by Gasteiger charge is 2.06. The van der Waals surface area contributed by atoms with Crippen molar-refractivity contribution in [3.63, 3.8) is 0 Å². The Bertz CT molecular complexity index is 725. The molecule has 0 fully saturated rings. The molecule has 0 saturated carbocycles. The standard InChI is InChI=1S/C15H10BrNO/c16-11-6-7-12(15(18)9-11)14-8-5-10-3-1-2-4-13(10)17-14/h1-9,18H. The van der Waals surface area contributed by atoms with Gasteiger partial charge in [-0.2, -0.15) is 0 Å². The van der Waals surface area contributed by atoms with Crippen LogP contribution in [-0.4, -0.2) is 10.1 Å². The summed E-state index contributed by atoms with van der Waals surface area (Å²) in [5.41, 5.74) is 2.44. The smallest absolute Gasteiger partial charge is 0.126 e. The Balaban J connectivity index is 2.19. The van der Waals surface area contributed by atoms with Gasteiger partial charge in [-0.25, -0.2) is 4.98 Å². The van der Waals surface area contributed by atoms with E-state index in [1.165, 1.54) is 0 Å². The van der Waals surface area contributed by atoms with Crippen LogP contribution < -0.4 is 0 Å². The number of phenols is 1. The van der Waals surface area contributed by atoms with Crippen molar-refractivity contribution in [1.29, 1.82) is 0 Å². The zero-order chi connectivity index (χ0) is 12.5. The van der Waals surface area contributed by atoms with E-state index in [0.717, 1.165) is 26.6 Å². The molecule has 0 aliphatic heterocycles. The fourth-order valence-electron chi connectivity index (χ4n) is 1.94. The van der Waals surface area contributed by atoms with Gasteiger partial charge in [-0.05, 0) is 30.3 Å². The first-order valence-electron chi connectivity index (χ1n) is 5.59. The maximum Gasteiger partial charge on any atom is 0.126 e. The lowest BCUT2D eigenvalue weighted by molar-refractivity contribution is 0.477. The van der Waals surface area contributed by atoms with Gasteiger partial charge in [0.05, 0.1) is 11.2 Å². The Morgan fingerprint density at radius 3 is 2.61 bits per heavy atom. The highest BCUT2D eigenvalue weighted by atomic mass is 79.9. The lowest BCUT2D eigenvalue weighted by Gasteiger charge is -2.06. The van der Waals surface area contributed by atoms with Crippen molar-refractivity contribution < 1.29 is 5.11 Å². The summed E-state index contributed by atoms with van der Waals surface area (Å²) in [6.45, 7) is 0. The van der Waals surface area contributed by atoms with Crippen LogP contribution in [0.15, 0.2) is 59.1 Å². The number of fused-ring (bicyclic) bond motifs is 1. The molecule has 0 bridgehead atoms. The second-order valence-corrected chi connectivity index (χ2v) is 4.97. The van der Waals surface area contributed by atoms with Crippen molar-refractivity contribution in [2.75, 3.05) is 0 Å². The molecule has 3 aromatic rings. The van der Waals surface area contributed by atoms with Gasteiger partial charge in [0, 0.05) is 15.4 Å². The van der Waals surface area contributed by atoms with Gasteiger partial charge >= 0.3 is 0 Å². The molecule has 0 radical (unpaired) electrons. The second kappa shape index (κ2) is 4.42. The molecule has 1 heterocycles. The number of pyridine rings is 1. The molecule has 2 nitrogen and oxygen atoms in total. The van der Waals surface area contributed by atoms with Crippen LogP contribution >= 0.6 is 15.9 Å². The van der Waals surface area contributed by atoms with E-state index in [9.17, 15) is 5.11 Å². The van der Waals surface area contributed by atoms with Gasteiger partial charge in [-0.3, -0.25) is 0 Å². The van der Waals surface area contributed by atoms with Crippen molar-refractivity contribution in [3.8, 4) is 17.0 Å². The van der Waals surface area contributed by atoms with Gasteiger partial charge in [-0.1, -0.05) is 40.2 Å². The number of hydrogen-bond acceptors (Lipinski definition) is 2. The summed E-state index contributed by atoms with van der Waals surface area (Å²) < 4.78 is 0.851. The average molecular weight is 300 g/mol. The highest BCUT2D eigenvalue weighted by molar-refractivity contribution is 9.10. The highest BCUT2D eigenvalue weighted by Crippen LogP contribution is 2.31. The topological polar surface area (TPSA) is 33.1 Å². The normalized spacial score (nSPS) is 10.7. The summed E-state index contributed by atoms with van der Waals surface area (Å²) in [6, 6.07) is 17.3. The zero-order valence-corrected chi connectivity index (χ0v) is 11.1. The first-order chi connectivity index (χ1) is 8.74. The quantitative estimate of drug-likeness (QED) is 0.724. The Morgan fingerprint density at radius 1 is 0.944 bits per heavy atom. The number of phenolic OH excluding ortho intramolecular Hbond substituents is 1. The molecular weight excluding hydrogens is 290 g/mol. The minimum Gasteiger partial charge on any atom is -0.507 e. The van der Waals surface area contributed by atoms with Gasteiger partial charge < -0.3 is 5.11 Å². The third-order valence-electron chi connectivity index (χ3n) is 2.83. The molecular formula is C15H10BrNO. The number of nitrogens with zero attached hydrogens (tertiary/aromatic N) is 1. The van der Waals surface area contributed by atoms with Crippen LogP contribution in [-0.2, 0) is 0 Å². The minimum absolute atomic E-state index is 0.229. The van der Waals surface area contributed by atoms with E-state index in [-0.39, 0.29) is 5.75 Å². The van der Waals surface area contributed by atoms with Crippen molar-refractivity contribution in [3.05, 3.63) is 59.1 Å². The van der Waals surface area contributed by atoms with Gasteiger partial charge in [-0.15, -0.1) is 0 Å². The predicted octanol–water partition coefficient (Wildman–Crippen LogP) is 4.37. The van der Waals surface area contributed by atoms with Gasteiger partial charge in [0.15, 0.2) is 0 Å². The zero-order valence-electron chi connectivity index (χ0n) is 9.47. The molecule has 88 valence electrons. The number of aromatic nitrogens is 1. The fourth-order valence-corrected chi connectivity index (χ4v) is 2.29. The largest absolute Gasteiger partial charge is 0.507 e. The van der Waals surface area contributed by atoms with Crippen LogP contribution in [0.25, 0.3) is 22.2 Å². The molecule has 0 atom stereocenters. The maximum atomic E-state index is 9.95. The van der Waals surface area contributed by atoms with E-state index in [1.807, 2.05) is 48.5 Å². The molecule has 0 unspecified atom stereocenters. The Labute approximate surface area is 113 Å². The second-order valence-electron chi connectivity index (χ2n) is 4.05. The number of aromatic hydroxyl groups is 1. The molecule has 1 N–H and O–H groups in total. The van der Waals surface area contributed by atoms with Crippen molar-refractivity contribution in [2.45, 2.75) is 0 Å². The molecule has 1 aromatic heterocycles. The van der Waals surface area contributed by atoms with Gasteiger partial charge in [0.1, 0.15) is 5.75 Å². The van der Waals surface area contributed by atoms with Crippen LogP contribution in [0.4, 0.5) is 0 Å². The van der Waals surface area contributed by atoms with E-state index in [1.54, 1.807) is 6.07 Å². The molecule has 0 amide bonds. The molecule has 0 aliphatic rings. The summed E-state index contributed by atoms with van der Waals surface area (Å²) in [4.78, 5) is 4.56. The molecule has 0 saturated heterocycles. The van der Waals surface area contributed by atoms with Crippen LogP contribution in [0, 0.1) is 0 Å². The Hall–Kier alpha value is -1.87. The van der Waals surface area contributed by atoms with Crippen molar-refractivity contribution >= 4 is 26.8 Å². The monoisotopic (exact) mass is 299 g/mol. The number of rotatable bonds is 1. The SMILES string of the molecule is Oc1cc(Br)ccc1-c1ccc2ccccc2n1. The summed E-state index contributed by atoms with van der Waals surface area (Å²) in [7, 11) is 0. The Morgan fingerprint density at radius 2 is 1.78 bits per heavy atom. The lowest BCUT2D eigenvalue weighted by atomic mass is 10.1. The Kier molecular flexibility index (Phi) is 2.76.